The minimum Gasteiger partial charge on any atom is -0.478 e. The number of nitrogens with one attached hydrogen (secondary N) is 1. The molecule has 19 heteroatoms. The minimum absolute atomic E-state index is 0.0448. The van der Waals surface area contributed by atoms with Gasteiger partial charge >= 0.3 is 11.9 Å². The fourth-order valence-corrected chi connectivity index (χ4v) is 7.23. The average Bonchev–Trinajstić information content (AvgIpc) is 3.51. The molecule has 4 heterocycles. The van der Waals surface area contributed by atoms with Gasteiger partial charge in [0, 0.05) is 17.6 Å². The van der Waals surface area contributed by atoms with Crippen molar-refractivity contribution >= 4 is 92.4 Å². The van der Waals surface area contributed by atoms with Crippen LogP contribution in [0, 0.1) is 0 Å². The van der Waals surface area contributed by atoms with Crippen LogP contribution in [0.4, 0.5) is 5.13 Å². The number of aromatic nitrogens is 3. The summed E-state index contributed by atoms with van der Waals surface area (Å²) >= 11 is 11.0. The third kappa shape index (κ3) is 6.09. The molecule has 0 bridgehead atoms. The van der Waals surface area contributed by atoms with Crippen LogP contribution in [0.15, 0.2) is 38.4 Å². The number of carbonyl (C=O) groups excluding carboxylic acids is 2. The lowest BCUT2D eigenvalue weighted by Crippen LogP contribution is -2.71. The molecule has 2 aliphatic heterocycles. The number of rotatable bonds is 11. The molecule has 2 aromatic heterocycles. The van der Waals surface area contributed by atoms with Gasteiger partial charge in [0.25, 0.3) is 11.8 Å². The maximum atomic E-state index is 13.1. The third-order valence-corrected chi connectivity index (χ3v) is 9.24. The number of nitrogen functional groups attached to an aromatic ring is 1. The van der Waals surface area contributed by atoms with Gasteiger partial charge in [0.05, 0.1) is 0 Å². The van der Waals surface area contributed by atoms with E-state index in [1.54, 1.807) is 5.51 Å². The van der Waals surface area contributed by atoms with Gasteiger partial charge in [-0.25, -0.2) is 14.6 Å². The van der Waals surface area contributed by atoms with Gasteiger partial charge in [-0.3, -0.25) is 14.5 Å². The first kappa shape index (κ1) is 27.8. The Labute approximate surface area is 235 Å². The zero-order valence-electron chi connectivity index (χ0n) is 18.8. The number of carboxylic acid groups (broad SMARTS) is 2. The molecule has 38 heavy (non-hydrogen) atoms. The van der Waals surface area contributed by atoms with Crippen LogP contribution in [-0.4, -0.2) is 89.3 Å². The molecule has 4 rings (SSSR count). The highest BCUT2D eigenvalue weighted by molar-refractivity contribution is 8.01. The van der Waals surface area contributed by atoms with E-state index in [1.807, 2.05) is 0 Å². The van der Waals surface area contributed by atoms with Crippen molar-refractivity contribution in [2.45, 2.75) is 15.8 Å². The number of halogens is 1. The first-order valence-electron chi connectivity index (χ1n) is 10.3. The maximum absolute atomic E-state index is 13.1. The SMILES string of the molecule is Nc1nc(/C(=N/OC/C=C/C(=O)O)C(=O)NC2C(=O)N3C(C(=O)O)=C(CSc4nncs4)CS[C@H]23)c(Cl)s1. The van der Waals surface area contributed by atoms with E-state index in [1.165, 1.54) is 34.9 Å². The number of thiazole rings is 1. The molecule has 1 fully saturated rings. The van der Waals surface area contributed by atoms with Crippen molar-refractivity contribution in [3.8, 4) is 0 Å². The van der Waals surface area contributed by atoms with Crippen LogP contribution < -0.4 is 11.1 Å². The normalized spacial score (nSPS) is 19.3. The van der Waals surface area contributed by atoms with Gasteiger partial charge in [-0.1, -0.05) is 51.2 Å². The first-order valence-corrected chi connectivity index (χ1v) is 14.4. The van der Waals surface area contributed by atoms with Gasteiger partial charge in [-0.15, -0.1) is 22.0 Å². The highest BCUT2D eigenvalue weighted by Gasteiger charge is 2.54. The van der Waals surface area contributed by atoms with Crippen LogP contribution in [0.5, 0.6) is 0 Å². The van der Waals surface area contributed by atoms with Crippen LogP contribution >= 0.6 is 57.8 Å². The molecule has 2 aliphatic rings. The van der Waals surface area contributed by atoms with Gasteiger partial charge < -0.3 is 26.1 Å². The van der Waals surface area contributed by atoms with Gasteiger partial charge in [0.2, 0.25) is 0 Å². The topological polar surface area (TPSA) is 210 Å². The number of amides is 2. The number of carboxylic acids is 2. The summed E-state index contributed by atoms with van der Waals surface area (Å²) < 4.78 is 0.714. The number of hydrogen-bond acceptors (Lipinski definition) is 14. The van der Waals surface area contributed by atoms with Crippen LogP contribution in [0.1, 0.15) is 5.69 Å². The highest BCUT2D eigenvalue weighted by atomic mass is 35.5. The van der Waals surface area contributed by atoms with Gasteiger partial charge in [-0.2, -0.15) is 0 Å². The minimum atomic E-state index is -1.25. The molecule has 0 saturated carbocycles. The maximum Gasteiger partial charge on any atom is 0.352 e. The molecule has 200 valence electrons. The largest absolute Gasteiger partial charge is 0.478 e. The molecule has 0 aromatic carbocycles. The number of anilines is 1. The Hall–Kier alpha value is -3.19. The molecule has 0 radical (unpaired) electrons. The summed E-state index contributed by atoms with van der Waals surface area (Å²) in [5.41, 5.74) is 7.19. The number of nitrogens with two attached hydrogens (primary N) is 1. The van der Waals surface area contributed by atoms with Crippen LogP contribution in [0.25, 0.3) is 0 Å². The molecular formula is C19H16ClN7O7S4. The second kappa shape index (κ2) is 12.1. The lowest BCUT2D eigenvalue weighted by atomic mass is 10.0. The van der Waals surface area contributed by atoms with Gasteiger partial charge in [-0.05, 0) is 11.6 Å². The third-order valence-electron chi connectivity index (χ3n) is 4.88. The molecule has 14 nitrogen and oxygen atoms in total. The Kier molecular flexibility index (Phi) is 8.87. The van der Waals surface area contributed by atoms with Crippen molar-refractivity contribution in [1.82, 2.24) is 25.4 Å². The first-order chi connectivity index (χ1) is 18.2. The van der Waals surface area contributed by atoms with E-state index in [0.717, 1.165) is 28.4 Å². The van der Waals surface area contributed by atoms with Crippen LogP contribution in [-0.2, 0) is 24.0 Å². The van der Waals surface area contributed by atoms with E-state index in [9.17, 15) is 24.3 Å². The van der Waals surface area contributed by atoms with E-state index in [2.05, 4.69) is 25.7 Å². The predicted octanol–water partition coefficient (Wildman–Crippen LogP) is 1.12. The molecule has 2 atom stereocenters. The van der Waals surface area contributed by atoms with Crippen molar-refractivity contribution in [2.24, 2.45) is 5.16 Å². The zero-order valence-corrected chi connectivity index (χ0v) is 22.8. The number of β-lactam (4-membered cyclic amide) rings is 1. The van der Waals surface area contributed by atoms with E-state index in [4.69, 9.17) is 27.3 Å². The monoisotopic (exact) mass is 617 g/mol. The molecular weight excluding hydrogens is 602 g/mol. The number of fused-ring (bicyclic) bond motifs is 1. The van der Waals surface area contributed by atoms with Crippen LogP contribution in [0.2, 0.25) is 4.34 Å². The number of thioether (sulfide) groups is 2. The summed E-state index contributed by atoms with van der Waals surface area (Å²) in [5, 5.41) is 31.8. The quantitative estimate of drug-likeness (QED) is 0.0696. The fourth-order valence-electron chi connectivity index (χ4n) is 3.33. The van der Waals surface area contributed by atoms with Crippen molar-refractivity contribution in [1.29, 1.82) is 0 Å². The second-order valence-electron chi connectivity index (χ2n) is 7.26. The molecule has 2 aromatic rings. The number of carbonyl (C=O) groups is 4. The van der Waals surface area contributed by atoms with E-state index in [-0.39, 0.29) is 33.2 Å². The summed E-state index contributed by atoms with van der Waals surface area (Å²) in [6, 6.07) is -1.05. The molecule has 0 spiro atoms. The Bertz CT molecular complexity index is 1360. The summed E-state index contributed by atoms with van der Waals surface area (Å²) in [5.74, 6) is -3.29. The molecule has 1 unspecified atom stereocenters. The lowest BCUT2D eigenvalue weighted by molar-refractivity contribution is -0.150. The molecule has 1 saturated heterocycles. The van der Waals surface area contributed by atoms with E-state index < -0.39 is 35.2 Å². The summed E-state index contributed by atoms with van der Waals surface area (Å²) in [4.78, 5) is 58.9. The Morgan fingerprint density at radius 2 is 2.18 bits per heavy atom. The standard InChI is InChI=1S/C19H16ClN7O7S4/c20-13-9(24-18(21)38-13)10(26-34-3-1-2-8(28)29)14(30)23-11-15(31)27-12(17(32)33)7(4-35-16(11)27)5-36-19-25-22-6-37-19/h1-2,6,11,16H,3-5H2,(H2,21,24)(H,23,30)(H,28,29)(H,32,33)/b2-1+,26-10-/t11?,16-/m1/s1. The summed E-state index contributed by atoms with van der Waals surface area (Å²) in [6.07, 6.45) is 1.99. The lowest BCUT2D eigenvalue weighted by Gasteiger charge is -2.49. The highest BCUT2D eigenvalue weighted by Crippen LogP contribution is 2.41. The molecule has 0 aliphatic carbocycles. The second-order valence-corrected chi connectivity index (χ2v) is 12.1. The number of oxime groups is 1. The number of aliphatic carboxylic acids is 2. The Morgan fingerprint density at radius 3 is 2.82 bits per heavy atom. The Morgan fingerprint density at radius 1 is 1.39 bits per heavy atom. The van der Waals surface area contributed by atoms with Crippen LogP contribution in [0.3, 0.4) is 0 Å². The summed E-state index contributed by atoms with van der Waals surface area (Å²) in [6.45, 7) is -0.278. The van der Waals surface area contributed by atoms with E-state index in [0.29, 0.717) is 21.4 Å². The Balaban J connectivity index is 1.50. The fraction of sp³-hybridized carbons (Fsp3) is 0.263. The van der Waals surface area contributed by atoms with Gasteiger partial charge in [0.1, 0.15) is 39.3 Å². The average molecular weight is 618 g/mol. The predicted molar refractivity (Wildman–Crippen MR) is 141 cm³/mol. The van der Waals surface area contributed by atoms with E-state index >= 15 is 0 Å². The smallest absolute Gasteiger partial charge is 0.352 e. The van der Waals surface area contributed by atoms with Crippen molar-refractivity contribution in [3.63, 3.8) is 0 Å². The van der Waals surface area contributed by atoms with Gasteiger partial charge in [0.15, 0.2) is 15.2 Å². The number of hydrogen-bond donors (Lipinski definition) is 4. The zero-order chi connectivity index (χ0) is 27.4. The molecule has 2 amide bonds. The van der Waals surface area contributed by atoms with Crippen molar-refractivity contribution < 1.29 is 34.2 Å². The van der Waals surface area contributed by atoms with Crippen molar-refractivity contribution in [2.75, 3.05) is 23.8 Å². The number of nitrogens with zero attached hydrogens (tertiary/aromatic N) is 5. The summed E-state index contributed by atoms with van der Waals surface area (Å²) in [7, 11) is 0. The molecule has 5 N–H and O–H groups in total. The van der Waals surface area contributed by atoms with Crippen molar-refractivity contribution in [3.05, 3.63) is 39.0 Å².